The SMILES string of the molecule is CN[C@@H](Cc1cnc[nH]1)C(=O)OC. The van der Waals surface area contributed by atoms with Crippen LogP contribution in [0.3, 0.4) is 0 Å². The molecule has 2 N–H and O–H groups in total. The molecule has 0 fully saturated rings. The summed E-state index contributed by atoms with van der Waals surface area (Å²) in [6.45, 7) is 0. The fourth-order valence-corrected chi connectivity index (χ4v) is 1.06. The number of nitrogens with one attached hydrogen (secondary N) is 2. The minimum Gasteiger partial charge on any atom is -0.468 e. The van der Waals surface area contributed by atoms with E-state index in [4.69, 9.17) is 0 Å². The smallest absolute Gasteiger partial charge is 0.323 e. The average Bonchev–Trinajstić information content (AvgIpc) is 2.65. The third-order valence-corrected chi connectivity index (χ3v) is 1.81. The van der Waals surface area contributed by atoms with Gasteiger partial charge < -0.3 is 15.0 Å². The molecule has 0 saturated carbocycles. The third-order valence-electron chi connectivity index (χ3n) is 1.81. The molecule has 0 aromatic carbocycles. The minimum absolute atomic E-state index is 0.267. The number of carbonyl (C=O) groups excluding carboxylic acids is 1. The Morgan fingerprint density at radius 2 is 2.62 bits per heavy atom. The molecular formula is C8H13N3O2. The molecule has 5 nitrogen and oxygen atoms in total. The van der Waals surface area contributed by atoms with Gasteiger partial charge in [0.2, 0.25) is 0 Å². The summed E-state index contributed by atoms with van der Waals surface area (Å²) in [7, 11) is 3.09. The molecule has 1 atom stereocenters. The number of rotatable bonds is 4. The Balaban J connectivity index is 2.54. The van der Waals surface area contributed by atoms with Crippen molar-refractivity contribution in [2.24, 2.45) is 0 Å². The predicted molar refractivity (Wildman–Crippen MR) is 47.2 cm³/mol. The van der Waals surface area contributed by atoms with Crippen molar-refractivity contribution >= 4 is 5.97 Å². The van der Waals surface area contributed by atoms with Crippen LogP contribution in [0.5, 0.6) is 0 Å². The van der Waals surface area contributed by atoms with Crippen molar-refractivity contribution in [3.63, 3.8) is 0 Å². The summed E-state index contributed by atoms with van der Waals surface area (Å²) in [5.74, 6) is -0.267. The second kappa shape index (κ2) is 4.61. The van der Waals surface area contributed by atoms with Crippen molar-refractivity contribution in [3.05, 3.63) is 18.2 Å². The lowest BCUT2D eigenvalue weighted by atomic mass is 10.2. The second-order valence-electron chi connectivity index (χ2n) is 2.65. The molecule has 0 amide bonds. The molecule has 0 unspecified atom stereocenters. The van der Waals surface area contributed by atoms with Gasteiger partial charge in [-0.25, -0.2) is 4.98 Å². The van der Waals surface area contributed by atoms with Crippen molar-refractivity contribution in [1.29, 1.82) is 0 Å². The Morgan fingerprint density at radius 3 is 3.08 bits per heavy atom. The van der Waals surface area contributed by atoms with E-state index in [0.29, 0.717) is 6.42 Å². The predicted octanol–water partition coefficient (Wildman–Crippen LogP) is -0.287. The number of hydrogen-bond donors (Lipinski definition) is 2. The standard InChI is InChI=1S/C8H13N3O2/c1-9-7(8(12)13-2)3-6-4-10-5-11-6/h4-5,7,9H,3H2,1-2H3,(H,10,11)/t7-/m0/s1. The molecule has 0 aliphatic carbocycles. The summed E-state index contributed by atoms with van der Waals surface area (Å²) in [5, 5.41) is 2.87. The molecule has 5 heteroatoms. The van der Waals surface area contributed by atoms with E-state index >= 15 is 0 Å². The lowest BCUT2D eigenvalue weighted by Crippen LogP contribution is -2.36. The maximum Gasteiger partial charge on any atom is 0.323 e. The van der Waals surface area contributed by atoms with Crippen LogP contribution in [-0.2, 0) is 16.0 Å². The molecule has 0 radical (unpaired) electrons. The highest BCUT2D eigenvalue weighted by Crippen LogP contribution is 1.99. The van der Waals surface area contributed by atoms with Gasteiger partial charge in [0, 0.05) is 18.3 Å². The largest absolute Gasteiger partial charge is 0.468 e. The summed E-state index contributed by atoms with van der Waals surface area (Å²) in [5.41, 5.74) is 0.907. The molecule has 1 aromatic heterocycles. The molecule has 1 aromatic rings. The topological polar surface area (TPSA) is 67.0 Å². The van der Waals surface area contributed by atoms with E-state index in [2.05, 4.69) is 20.0 Å². The molecule has 0 bridgehead atoms. The number of methoxy groups -OCH3 is 1. The van der Waals surface area contributed by atoms with Crippen LogP contribution in [-0.4, -0.2) is 36.1 Å². The summed E-state index contributed by atoms with van der Waals surface area (Å²) in [6, 6.07) is -0.314. The number of H-pyrrole nitrogens is 1. The summed E-state index contributed by atoms with van der Waals surface area (Å²) >= 11 is 0. The van der Waals surface area contributed by atoms with Crippen LogP contribution < -0.4 is 5.32 Å². The number of nitrogens with zero attached hydrogens (tertiary/aromatic N) is 1. The Kier molecular flexibility index (Phi) is 3.45. The summed E-state index contributed by atoms with van der Waals surface area (Å²) in [4.78, 5) is 17.9. The number of aromatic amines is 1. The van der Waals surface area contributed by atoms with E-state index in [1.54, 1.807) is 19.6 Å². The van der Waals surface area contributed by atoms with E-state index < -0.39 is 0 Å². The maximum atomic E-state index is 11.2. The number of esters is 1. The first-order valence-electron chi connectivity index (χ1n) is 4.00. The Hall–Kier alpha value is -1.36. The fraction of sp³-hybridized carbons (Fsp3) is 0.500. The third kappa shape index (κ3) is 2.55. The quantitative estimate of drug-likeness (QED) is 0.630. The summed E-state index contributed by atoms with van der Waals surface area (Å²) < 4.78 is 4.62. The van der Waals surface area contributed by atoms with Gasteiger partial charge in [0.25, 0.3) is 0 Å². The first-order chi connectivity index (χ1) is 6.27. The van der Waals surface area contributed by atoms with Gasteiger partial charge in [-0.05, 0) is 7.05 Å². The van der Waals surface area contributed by atoms with Gasteiger partial charge >= 0.3 is 5.97 Å². The van der Waals surface area contributed by atoms with Gasteiger partial charge in [0.1, 0.15) is 6.04 Å². The Morgan fingerprint density at radius 1 is 1.85 bits per heavy atom. The first kappa shape index (κ1) is 9.73. The molecule has 13 heavy (non-hydrogen) atoms. The van der Waals surface area contributed by atoms with Crippen LogP contribution in [0.15, 0.2) is 12.5 Å². The van der Waals surface area contributed by atoms with Crippen LogP contribution in [0.4, 0.5) is 0 Å². The first-order valence-corrected chi connectivity index (χ1v) is 4.00. The van der Waals surface area contributed by atoms with Crippen LogP contribution in [0, 0.1) is 0 Å². The minimum atomic E-state index is -0.314. The van der Waals surface area contributed by atoms with Gasteiger partial charge in [-0.2, -0.15) is 0 Å². The zero-order valence-corrected chi connectivity index (χ0v) is 7.70. The van der Waals surface area contributed by atoms with Gasteiger partial charge in [-0.3, -0.25) is 4.79 Å². The number of imidazole rings is 1. The molecule has 72 valence electrons. The number of hydrogen-bond acceptors (Lipinski definition) is 4. The van der Waals surface area contributed by atoms with Gasteiger partial charge in [0.15, 0.2) is 0 Å². The number of carbonyl (C=O) groups is 1. The van der Waals surface area contributed by atoms with Gasteiger partial charge in [-0.15, -0.1) is 0 Å². The van der Waals surface area contributed by atoms with E-state index in [-0.39, 0.29) is 12.0 Å². The maximum absolute atomic E-state index is 11.2. The van der Waals surface area contributed by atoms with Gasteiger partial charge in [0.05, 0.1) is 13.4 Å². The molecule has 1 rings (SSSR count). The average molecular weight is 183 g/mol. The Bertz CT molecular complexity index is 258. The van der Waals surface area contributed by atoms with Crippen LogP contribution in [0.1, 0.15) is 5.69 Å². The fourth-order valence-electron chi connectivity index (χ4n) is 1.06. The van der Waals surface area contributed by atoms with E-state index in [0.717, 1.165) is 5.69 Å². The number of likely N-dealkylation sites (N-methyl/N-ethyl adjacent to an activating group) is 1. The van der Waals surface area contributed by atoms with Crippen LogP contribution in [0.2, 0.25) is 0 Å². The number of aromatic nitrogens is 2. The highest BCUT2D eigenvalue weighted by Gasteiger charge is 2.17. The van der Waals surface area contributed by atoms with E-state index in [1.807, 2.05) is 0 Å². The zero-order valence-electron chi connectivity index (χ0n) is 7.70. The van der Waals surface area contributed by atoms with Crippen molar-refractivity contribution in [2.75, 3.05) is 14.2 Å². The summed E-state index contributed by atoms with van der Waals surface area (Å²) in [6.07, 6.45) is 3.83. The zero-order chi connectivity index (χ0) is 9.68. The highest BCUT2D eigenvalue weighted by molar-refractivity contribution is 5.75. The van der Waals surface area contributed by atoms with Crippen LogP contribution in [0.25, 0.3) is 0 Å². The normalized spacial score (nSPS) is 12.5. The second-order valence-corrected chi connectivity index (χ2v) is 2.65. The van der Waals surface area contributed by atoms with Crippen molar-refractivity contribution in [2.45, 2.75) is 12.5 Å². The van der Waals surface area contributed by atoms with E-state index in [9.17, 15) is 4.79 Å². The van der Waals surface area contributed by atoms with Gasteiger partial charge in [-0.1, -0.05) is 0 Å². The molecular weight excluding hydrogens is 170 g/mol. The Labute approximate surface area is 76.5 Å². The lowest BCUT2D eigenvalue weighted by Gasteiger charge is -2.11. The molecule has 0 spiro atoms. The van der Waals surface area contributed by atoms with Crippen molar-refractivity contribution in [3.8, 4) is 0 Å². The lowest BCUT2D eigenvalue weighted by molar-refractivity contribution is -0.142. The van der Waals surface area contributed by atoms with Crippen molar-refractivity contribution < 1.29 is 9.53 Å². The van der Waals surface area contributed by atoms with Crippen molar-refractivity contribution in [1.82, 2.24) is 15.3 Å². The highest BCUT2D eigenvalue weighted by atomic mass is 16.5. The molecule has 0 saturated heterocycles. The monoisotopic (exact) mass is 183 g/mol. The molecule has 0 aliphatic rings. The number of ether oxygens (including phenoxy) is 1. The van der Waals surface area contributed by atoms with Crippen LogP contribution >= 0.6 is 0 Å². The van der Waals surface area contributed by atoms with E-state index in [1.165, 1.54) is 7.11 Å². The molecule has 1 heterocycles. The molecule has 0 aliphatic heterocycles.